The van der Waals surface area contributed by atoms with Crippen LogP contribution in [0.3, 0.4) is 0 Å². The van der Waals surface area contributed by atoms with Crippen molar-refractivity contribution >= 4 is 5.78 Å². The van der Waals surface area contributed by atoms with Crippen LogP contribution in [0, 0.1) is 5.92 Å². The van der Waals surface area contributed by atoms with Gasteiger partial charge < -0.3 is 0 Å². The molecule has 1 aliphatic rings. The van der Waals surface area contributed by atoms with Gasteiger partial charge in [0.25, 0.3) is 0 Å². The fourth-order valence-electron chi connectivity index (χ4n) is 1.76. The first-order valence-corrected chi connectivity index (χ1v) is 4.73. The minimum Gasteiger partial charge on any atom is -0.298 e. The van der Waals surface area contributed by atoms with E-state index in [0.29, 0.717) is 11.7 Å². The molecule has 0 atom stereocenters. The first-order valence-electron chi connectivity index (χ1n) is 4.73. The summed E-state index contributed by atoms with van der Waals surface area (Å²) in [5, 5.41) is 0. The summed E-state index contributed by atoms with van der Waals surface area (Å²) in [6.07, 6.45) is 0.736. The normalized spacial score (nSPS) is 23.9. The highest BCUT2D eigenvalue weighted by Gasteiger charge is 2.39. The molecule has 70 valence electrons. The predicted octanol–water partition coefficient (Wildman–Crippen LogP) is 1.70. The fourth-order valence-corrected chi connectivity index (χ4v) is 1.76. The first-order chi connectivity index (χ1) is 5.44. The number of rotatable bonds is 2. The third kappa shape index (κ3) is 1.69. The maximum Gasteiger partial charge on any atom is 0.153 e. The number of nitrogens with zero attached hydrogens (tertiary/aromatic N) is 1. The van der Waals surface area contributed by atoms with E-state index in [9.17, 15) is 4.79 Å². The average molecular weight is 169 g/mol. The standard InChI is InChI=1S/C10H19NO/c1-8(2)7-11-6-5-9(12)10(11,3)4/h8H,5-7H2,1-4H3. The number of ketones is 1. The van der Waals surface area contributed by atoms with E-state index in [1.807, 2.05) is 13.8 Å². The molecule has 1 saturated heterocycles. The van der Waals surface area contributed by atoms with Crippen LogP contribution in [0.15, 0.2) is 0 Å². The molecule has 1 rings (SSSR count). The molecule has 0 unspecified atom stereocenters. The molecule has 1 aliphatic heterocycles. The molecule has 1 fully saturated rings. The molecule has 0 aromatic rings. The molecule has 0 spiro atoms. The van der Waals surface area contributed by atoms with Gasteiger partial charge in [0.1, 0.15) is 0 Å². The maximum atomic E-state index is 11.4. The van der Waals surface area contributed by atoms with Crippen molar-refractivity contribution in [1.82, 2.24) is 4.90 Å². The van der Waals surface area contributed by atoms with Gasteiger partial charge in [-0.1, -0.05) is 13.8 Å². The van der Waals surface area contributed by atoms with Gasteiger partial charge >= 0.3 is 0 Å². The van der Waals surface area contributed by atoms with Crippen molar-refractivity contribution in [1.29, 1.82) is 0 Å². The van der Waals surface area contributed by atoms with Crippen molar-refractivity contribution in [3.8, 4) is 0 Å². The van der Waals surface area contributed by atoms with Crippen molar-refractivity contribution in [2.45, 2.75) is 39.7 Å². The van der Waals surface area contributed by atoms with Gasteiger partial charge in [-0.3, -0.25) is 9.69 Å². The molecule has 0 saturated carbocycles. The van der Waals surface area contributed by atoms with Crippen molar-refractivity contribution in [3.63, 3.8) is 0 Å². The Kier molecular flexibility index (Phi) is 2.57. The molecular formula is C10H19NO. The molecule has 2 heteroatoms. The number of likely N-dealkylation sites (tertiary alicyclic amines) is 1. The van der Waals surface area contributed by atoms with E-state index >= 15 is 0 Å². The third-order valence-electron chi connectivity index (χ3n) is 2.67. The van der Waals surface area contributed by atoms with E-state index in [4.69, 9.17) is 0 Å². The SMILES string of the molecule is CC(C)CN1CCC(=O)C1(C)C. The van der Waals surface area contributed by atoms with Crippen LogP contribution in [0.25, 0.3) is 0 Å². The van der Waals surface area contributed by atoms with Crippen molar-refractivity contribution in [2.24, 2.45) is 5.92 Å². The maximum absolute atomic E-state index is 11.4. The lowest BCUT2D eigenvalue weighted by Crippen LogP contribution is -2.44. The fraction of sp³-hybridized carbons (Fsp3) is 0.900. The summed E-state index contributed by atoms with van der Waals surface area (Å²) in [4.78, 5) is 13.7. The summed E-state index contributed by atoms with van der Waals surface area (Å²) in [6.45, 7) is 10.4. The van der Waals surface area contributed by atoms with Gasteiger partial charge in [0.05, 0.1) is 5.54 Å². The van der Waals surface area contributed by atoms with Gasteiger partial charge in [0, 0.05) is 19.5 Å². The lowest BCUT2D eigenvalue weighted by Gasteiger charge is -2.31. The van der Waals surface area contributed by atoms with Crippen LogP contribution in [-0.4, -0.2) is 29.3 Å². The molecule has 0 aromatic heterocycles. The van der Waals surface area contributed by atoms with Crippen LogP contribution in [0.4, 0.5) is 0 Å². The molecule has 0 bridgehead atoms. The van der Waals surface area contributed by atoms with Crippen LogP contribution in [0.5, 0.6) is 0 Å². The molecular weight excluding hydrogens is 150 g/mol. The zero-order valence-electron chi connectivity index (χ0n) is 8.55. The summed E-state index contributed by atoms with van der Waals surface area (Å²) in [7, 11) is 0. The van der Waals surface area contributed by atoms with Crippen LogP contribution in [0.2, 0.25) is 0 Å². The Bertz CT molecular complexity index is 184. The molecule has 0 aliphatic carbocycles. The molecule has 2 nitrogen and oxygen atoms in total. The number of carbonyl (C=O) groups is 1. The molecule has 0 N–H and O–H groups in total. The largest absolute Gasteiger partial charge is 0.298 e. The second-order valence-corrected chi connectivity index (χ2v) is 4.57. The summed E-state index contributed by atoms with van der Waals surface area (Å²) in [5.74, 6) is 1.04. The van der Waals surface area contributed by atoms with Crippen LogP contribution in [-0.2, 0) is 4.79 Å². The second kappa shape index (κ2) is 3.17. The Morgan fingerprint density at radius 3 is 2.42 bits per heavy atom. The van der Waals surface area contributed by atoms with Crippen LogP contribution in [0.1, 0.15) is 34.1 Å². The van der Waals surface area contributed by atoms with Crippen molar-refractivity contribution < 1.29 is 4.79 Å². The summed E-state index contributed by atoms with van der Waals surface area (Å²) >= 11 is 0. The molecule has 0 aromatic carbocycles. The Morgan fingerprint density at radius 1 is 1.50 bits per heavy atom. The number of hydrogen-bond donors (Lipinski definition) is 0. The molecule has 0 amide bonds. The minimum atomic E-state index is -0.204. The van der Waals surface area contributed by atoms with Crippen LogP contribution >= 0.6 is 0 Å². The van der Waals surface area contributed by atoms with Gasteiger partial charge in [-0.2, -0.15) is 0 Å². The van der Waals surface area contributed by atoms with E-state index in [1.165, 1.54) is 0 Å². The molecule has 0 radical (unpaired) electrons. The smallest absolute Gasteiger partial charge is 0.153 e. The zero-order chi connectivity index (χ0) is 9.35. The Balaban J connectivity index is 2.62. The Morgan fingerprint density at radius 2 is 2.08 bits per heavy atom. The van der Waals surface area contributed by atoms with Crippen molar-refractivity contribution in [3.05, 3.63) is 0 Å². The van der Waals surface area contributed by atoms with E-state index in [2.05, 4.69) is 18.7 Å². The highest BCUT2D eigenvalue weighted by molar-refractivity contribution is 5.89. The average Bonchev–Trinajstić information content (AvgIpc) is 2.15. The predicted molar refractivity (Wildman–Crippen MR) is 50.1 cm³/mol. The topological polar surface area (TPSA) is 20.3 Å². The Labute approximate surface area is 74.9 Å². The highest BCUT2D eigenvalue weighted by Crippen LogP contribution is 2.25. The lowest BCUT2D eigenvalue weighted by molar-refractivity contribution is -0.123. The third-order valence-corrected chi connectivity index (χ3v) is 2.67. The number of Topliss-reactive ketones (excluding diaryl/α,β-unsaturated/α-hetero) is 1. The monoisotopic (exact) mass is 169 g/mol. The summed E-state index contributed by atoms with van der Waals surface area (Å²) < 4.78 is 0. The van der Waals surface area contributed by atoms with E-state index < -0.39 is 0 Å². The summed E-state index contributed by atoms with van der Waals surface area (Å²) in [5.41, 5.74) is -0.204. The first kappa shape index (κ1) is 9.72. The molecule has 12 heavy (non-hydrogen) atoms. The van der Waals surface area contributed by atoms with Gasteiger partial charge in [-0.05, 0) is 19.8 Å². The Hall–Kier alpha value is -0.370. The highest BCUT2D eigenvalue weighted by atomic mass is 16.1. The minimum absolute atomic E-state index is 0.204. The van der Waals surface area contributed by atoms with Gasteiger partial charge in [0.2, 0.25) is 0 Å². The van der Waals surface area contributed by atoms with Crippen molar-refractivity contribution in [2.75, 3.05) is 13.1 Å². The number of carbonyl (C=O) groups excluding carboxylic acids is 1. The molecule has 1 heterocycles. The van der Waals surface area contributed by atoms with E-state index in [1.54, 1.807) is 0 Å². The van der Waals surface area contributed by atoms with E-state index in [0.717, 1.165) is 19.5 Å². The lowest BCUT2D eigenvalue weighted by atomic mass is 10.00. The van der Waals surface area contributed by atoms with Gasteiger partial charge in [-0.25, -0.2) is 0 Å². The number of hydrogen-bond acceptors (Lipinski definition) is 2. The quantitative estimate of drug-likeness (QED) is 0.627. The van der Waals surface area contributed by atoms with E-state index in [-0.39, 0.29) is 5.54 Å². The zero-order valence-corrected chi connectivity index (χ0v) is 8.55. The summed E-state index contributed by atoms with van der Waals surface area (Å²) in [6, 6.07) is 0. The van der Waals surface area contributed by atoms with Gasteiger partial charge in [-0.15, -0.1) is 0 Å². The second-order valence-electron chi connectivity index (χ2n) is 4.57. The van der Waals surface area contributed by atoms with Crippen LogP contribution < -0.4 is 0 Å². The van der Waals surface area contributed by atoms with Gasteiger partial charge in [0.15, 0.2) is 5.78 Å².